The lowest BCUT2D eigenvalue weighted by Crippen LogP contribution is -2.56. The molecule has 0 heterocycles. The summed E-state index contributed by atoms with van der Waals surface area (Å²) < 4.78 is 6.04. The molecule has 3 fully saturated rings. The van der Waals surface area contributed by atoms with Crippen LogP contribution in [0, 0.1) is 46.3 Å². The average Bonchev–Trinajstić information content (AvgIpc) is 3.05. The molecule has 4 aliphatic rings. The third-order valence-corrected chi connectivity index (χ3v) is 10.6. The van der Waals surface area contributed by atoms with Crippen LogP contribution in [0.15, 0.2) is 11.6 Å². The van der Waals surface area contributed by atoms with Gasteiger partial charge in [-0.25, -0.2) is 0 Å². The Labute approximate surface area is 186 Å². The Bertz CT molecular complexity index is 639. The largest absolute Gasteiger partial charge is 0.393 e. The predicted molar refractivity (Wildman–Crippen MR) is 125 cm³/mol. The molecule has 3 saturated carbocycles. The molecule has 0 amide bonds. The Balaban J connectivity index is 1.53. The van der Waals surface area contributed by atoms with E-state index < -0.39 is 0 Å². The molecule has 0 radical (unpaired) electrons. The van der Waals surface area contributed by atoms with E-state index in [2.05, 4.69) is 40.7 Å². The van der Waals surface area contributed by atoms with Crippen LogP contribution in [0.25, 0.3) is 0 Å². The zero-order valence-electron chi connectivity index (χ0n) is 20.6. The van der Waals surface area contributed by atoms with Crippen LogP contribution in [0.5, 0.6) is 0 Å². The van der Waals surface area contributed by atoms with Crippen LogP contribution in [-0.2, 0) is 4.74 Å². The predicted octanol–water partition coefficient (Wildman–Crippen LogP) is 7.01. The van der Waals surface area contributed by atoms with E-state index in [0.717, 1.165) is 48.3 Å². The SMILES string of the molecule is COC1C[C@@H](O)CC2=CC[C@H]3[C@@H]4CC[C@H]([C@H](C)CCCC(C)C)[C@@]4(C)CC[C@@H]3[C@]21C. The minimum Gasteiger partial charge on any atom is -0.393 e. The van der Waals surface area contributed by atoms with Crippen LogP contribution in [0.1, 0.15) is 98.8 Å². The lowest BCUT2D eigenvalue weighted by molar-refractivity contribution is -0.119. The van der Waals surface area contributed by atoms with E-state index in [1.807, 2.05) is 7.11 Å². The van der Waals surface area contributed by atoms with Crippen molar-refractivity contribution >= 4 is 0 Å². The lowest BCUT2D eigenvalue weighted by Gasteiger charge is -2.60. The molecule has 1 unspecified atom stereocenters. The van der Waals surface area contributed by atoms with Crippen molar-refractivity contribution in [2.24, 2.45) is 46.3 Å². The number of methoxy groups -OCH3 is 1. The van der Waals surface area contributed by atoms with Crippen molar-refractivity contribution in [3.8, 4) is 0 Å². The van der Waals surface area contributed by atoms with Gasteiger partial charge < -0.3 is 9.84 Å². The molecule has 0 aromatic rings. The summed E-state index contributed by atoms with van der Waals surface area (Å²) >= 11 is 0. The summed E-state index contributed by atoms with van der Waals surface area (Å²) in [6.45, 7) is 12.4. The highest BCUT2D eigenvalue weighted by atomic mass is 16.5. The van der Waals surface area contributed by atoms with Crippen molar-refractivity contribution in [3.63, 3.8) is 0 Å². The van der Waals surface area contributed by atoms with Crippen LogP contribution in [-0.4, -0.2) is 24.4 Å². The molecule has 0 aromatic carbocycles. The van der Waals surface area contributed by atoms with Gasteiger partial charge in [-0.3, -0.25) is 0 Å². The maximum absolute atomic E-state index is 10.4. The second-order valence-electron chi connectivity index (χ2n) is 12.5. The van der Waals surface area contributed by atoms with Crippen molar-refractivity contribution < 1.29 is 9.84 Å². The van der Waals surface area contributed by atoms with Gasteiger partial charge >= 0.3 is 0 Å². The van der Waals surface area contributed by atoms with E-state index in [-0.39, 0.29) is 17.6 Å². The number of hydrogen-bond acceptors (Lipinski definition) is 2. The Hall–Kier alpha value is -0.340. The minimum atomic E-state index is -0.220. The molecule has 30 heavy (non-hydrogen) atoms. The summed E-state index contributed by atoms with van der Waals surface area (Å²) in [5.74, 6) is 5.07. The van der Waals surface area contributed by atoms with E-state index in [0.29, 0.717) is 5.41 Å². The quantitative estimate of drug-likeness (QED) is 0.472. The number of allylic oxidation sites excluding steroid dienone is 1. The minimum absolute atomic E-state index is 0.138. The van der Waals surface area contributed by atoms with Gasteiger partial charge in [-0.2, -0.15) is 0 Å². The standard InChI is InChI=1S/C28H48O2/c1-18(2)8-7-9-19(3)23-12-13-24-22-11-10-20-16-21(29)17-26(30-6)28(20,5)25(22)14-15-27(23,24)4/h10,18-19,21-26,29H,7-9,11-17H2,1-6H3/t19-,21+,22+,23-,24+,25+,26?,27-,28+/m1/s1. The second-order valence-corrected chi connectivity index (χ2v) is 12.5. The summed E-state index contributed by atoms with van der Waals surface area (Å²) in [5, 5.41) is 10.4. The molecular formula is C28H48O2. The van der Waals surface area contributed by atoms with Gasteiger partial charge in [0.05, 0.1) is 12.2 Å². The highest BCUT2D eigenvalue weighted by Gasteiger charge is 2.61. The second kappa shape index (κ2) is 8.54. The van der Waals surface area contributed by atoms with Crippen LogP contribution in [0.4, 0.5) is 0 Å². The third kappa shape index (κ3) is 3.62. The van der Waals surface area contributed by atoms with E-state index >= 15 is 0 Å². The molecule has 2 heteroatoms. The van der Waals surface area contributed by atoms with Gasteiger partial charge in [-0.05, 0) is 79.4 Å². The van der Waals surface area contributed by atoms with E-state index in [4.69, 9.17) is 4.74 Å². The van der Waals surface area contributed by atoms with Gasteiger partial charge in [0.25, 0.3) is 0 Å². The first kappa shape index (κ1) is 22.8. The molecule has 1 N–H and O–H groups in total. The zero-order chi connectivity index (χ0) is 21.7. The summed E-state index contributed by atoms with van der Waals surface area (Å²) in [5.41, 5.74) is 2.19. The number of rotatable bonds is 6. The Kier molecular flexibility index (Phi) is 6.50. The van der Waals surface area contributed by atoms with Crippen molar-refractivity contribution in [2.75, 3.05) is 7.11 Å². The fourth-order valence-electron chi connectivity index (χ4n) is 9.04. The molecule has 0 spiro atoms. The summed E-state index contributed by atoms with van der Waals surface area (Å²) in [7, 11) is 1.87. The summed E-state index contributed by atoms with van der Waals surface area (Å²) in [4.78, 5) is 0. The maximum Gasteiger partial charge on any atom is 0.0689 e. The Morgan fingerprint density at radius 2 is 1.87 bits per heavy atom. The van der Waals surface area contributed by atoms with Gasteiger partial charge in [0.1, 0.15) is 0 Å². The van der Waals surface area contributed by atoms with Crippen molar-refractivity contribution in [1.29, 1.82) is 0 Å². The van der Waals surface area contributed by atoms with Gasteiger partial charge in [0.15, 0.2) is 0 Å². The van der Waals surface area contributed by atoms with Crippen LogP contribution >= 0.6 is 0 Å². The number of fused-ring (bicyclic) bond motifs is 5. The molecule has 9 atom stereocenters. The number of aliphatic hydroxyl groups excluding tert-OH is 1. The average molecular weight is 417 g/mol. The highest BCUT2D eigenvalue weighted by Crippen LogP contribution is 2.67. The number of hydrogen-bond donors (Lipinski definition) is 1. The van der Waals surface area contributed by atoms with Crippen molar-refractivity contribution in [3.05, 3.63) is 11.6 Å². The van der Waals surface area contributed by atoms with E-state index in [9.17, 15) is 5.11 Å². The maximum atomic E-state index is 10.4. The summed E-state index contributed by atoms with van der Waals surface area (Å²) in [6, 6.07) is 0. The van der Waals surface area contributed by atoms with Crippen LogP contribution in [0.3, 0.4) is 0 Å². The monoisotopic (exact) mass is 416 g/mol. The first-order chi connectivity index (χ1) is 14.2. The number of aliphatic hydroxyl groups is 1. The Morgan fingerprint density at radius 3 is 2.57 bits per heavy atom. The van der Waals surface area contributed by atoms with Gasteiger partial charge in [0, 0.05) is 18.9 Å². The molecular weight excluding hydrogens is 368 g/mol. The lowest BCUT2D eigenvalue weighted by atomic mass is 9.46. The number of ether oxygens (including phenoxy) is 1. The molecule has 172 valence electrons. The summed E-state index contributed by atoms with van der Waals surface area (Å²) in [6.07, 6.45) is 15.3. The van der Waals surface area contributed by atoms with E-state index in [1.165, 1.54) is 56.9 Å². The smallest absolute Gasteiger partial charge is 0.0689 e. The fourth-order valence-corrected chi connectivity index (χ4v) is 9.04. The fraction of sp³-hybridized carbons (Fsp3) is 0.929. The topological polar surface area (TPSA) is 29.5 Å². The first-order valence-corrected chi connectivity index (χ1v) is 13.1. The highest BCUT2D eigenvalue weighted by molar-refractivity contribution is 5.28. The zero-order valence-corrected chi connectivity index (χ0v) is 20.6. The first-order valence-electron chi connectivity index (χ1n) is 13.1. The normalized spacial score (nSPS) is 46.7. The van der Waals surface area contributed by atoms with Crippen LogP contribution < -0.4 is 0 Å². The molecule has 0 bridgehead atoms. The van der Waals surface area contributed by atoms with E-state index in [1.54, 1.807) is 0 Å². The molecule has 2 nitrogen and oxygen atoms in total. The van der Waals surface area contributed by atoms with Gasteiger partial charge in [-0.1, -0.05) is 65.5 Å². The van der Waals surface area contributed by atoms with Gasteiger partial charge in [0.2, 0.25) is 0 Å². The molecule has 4 rings (SSSR count). The molecule has 4 aliphatic carbocycles. The van der Waals surface area contributed by atoms with Crippen molar-refractivity contribution in [2.45, 2.75) is 111 Å². The molecule has 0 aromatic heterocycles. The molecule has 0 aliphatic heterocycles. The van der Waals surface area contributed by atoms with Crippen molar-refractivity contribution in [1.82, 2.24) is 0 Å². The Morgan fingerprint density at radius 1 is 1.10 bits per heavy atom. The van der Waals surface area contributed by atoms with Gasteiger partial charge in [-0.15, -0.1) is 0 Å². The third-order valence-electron chi connectivity index (χ3n) is 10.6. The molecule has 0 saturated heterocycles. The van der Waals surface area contributed by atoms with Crippen LogP contribution in [0.2, 0.25) is 0 Å².